The molecular formula is C57H54Cr2FN9. The van der Waals surface area contributed by atoms with Crippen LogP contribution in [0.3, 0.4) is 0 Å². The molecule has 0 saturated heterocycles. The molecule has 5 heterocycles. The molecule has 0 aliphatic carbocycles. The van der Waals surface area contributed by atoms with E-state index in [1.807, 2.05) is 80.6 Å². The second-order valence-electron chi connectivity index (χ2n) is 17.8. The van der Waals surface area contributed by atoms with Crippen LogP contribution in [0.25, 0.3) is 4.85 Å². The summed E-state index contributed by atoms with van der Waals surface area (Å²) in [5.74, 6) is -0.178. The van der Waals surface area contributed by atoms with Crippen LogP contribution in [0.2, 0.25) is 0 Å². The Labute approximate surface area is 427 Å². The van der Waals surface area contributed by atoms with E-state index in [-0.39, 0.29) is 40.5 Å². The van der Waals surface area contributed by atoms with Crippen molar-refractivity contribution >= 4 is 53.3 Å². The minimum atomic E-state index is -0.430. The number of fused-ring (bicyclic) bond motifs is 10. The first-order valence-corrected chi connectivity index (χ1v) is 22.1. The Morgan fingerprint density at radius 3 is 0.928 bits per heavy atom. The third kappa shape index (κ3) is 12.8. The van der Waals surface area contributed by atoms with Crippen molar-refractivity contribution in [3.8, 4) is 0 Å². The van der Waals surface area contributed by atoms with E-state index in [2.05, 4.69) is 84.5 Å². The third-order valence-electron chi connectivity index (χ3n) is 12.0. The third-order valence-corrected chi connectivity index (χ3v) is 12.0. The average Bonchev–Trinajstić information content (AvgIpc) is 4.15. The molecule has 1 aliphatic rings. The first-order chi connectivity index (χ1) is 32.0. The summed E-state index contributed by atoms with van der Waals surface area (Å²) >= 11 is 0. The number of halogens is 1. The van der Waals surface area contributed by atoms with Crippen molar-refractivity contribution in [3.05, 3.63) is 217 Å². The van der Waals surface area contributed by atoms with Gasteiger partial charge in [0.2, 0.25) is 0 Å². The molecule has 1 aliphatic heterocycles. The van der Waals surface area contributed by atoms with E-state index in [9.17, 15) is 4.39 Å². The molecule has 0 N–H and O–H groups in total. The summed E-state index contributed by atoms with van der Waals surface area (Å²) in [6, 6.07) is 38.2. The fraction of sp³-hybridized carbons (Fsp3) is 0.211. The van der Waals surface area contributed by atoms with Crippen LogP contribution in [0.4, 0.5) is 32.8 Å². The summed E-state index contributed by atoms with van der Waals surface area (Å²) in [4.78, 5) is 42.6. The molecule has 0 spiro atoms. The van der Waals surface area contributed by atoms with Crippen LogP contribution in [-0.4, -0.2) is 24.9 Å². The molecular weight excluding hydrogens is 934 g/mol. The van der Waals surface area contributed by atoms with Gasteiger partial charge in [-0.2, -0.15) is 22.8 Å². The second kappa shape index (κ2) is 23.0. The van der Waals surface area contributed by atoms with Crippen LogP contribution < -0.4 is 19.9 Å². The molecule has 0 atom stereocenters. The zero-order valence-electron chi connectivity index (χ0n) is 40.6. The molecule has 0 unspecified atom stereocenters. The SMILES string of the molecule is Cc1cc2c(cc1C)N=Cc1ccc([n-]1)C(C)(C)c1ccc([n-]1)C=Nc1cc(C)c(C)cc1N=Cc1ccc([n-]1)C(C)(C)c1ccc([n-]1)C=N2.Fc1ccccc1.[C-]#[N+]c1c(C)cccc1C.[Cr+2].[Cr+2]. The Balaban J connectivity index is 0.000000393. The van der Waals surface area contributed by atoms with E-state index in [1.165, 1.54) is 12.1 Å². The molecule has 4 aromatic carbocycles. The molecule has 12 heteroatoms. The van der Waals surface area contributed by atoms with Gasteiger partial charge >= 0.3 is 34.7 Å². The second-order valence-corrected chi connectivity index (χ2v) is 17.8. The van der Waals surface area contributed by atoms with E-state index in [1.54, 1.807) is 43.1 Å². The summed E-state index contributed by atoms with van der Waals surface area (Å²) in [6.45, 7) is 27.6. The molecule has 0 saturated carbocycles. The fourth-order valence-electron chi connectivity index (χ4n) is 7.38. The number of nitrogens with zero attached hydrogens (tertiary/aromatic N) is 9. The molecule has 0 fully saturated rings. The van der Waals surface area contributed by atoms with Gasteiger partial charge in [-0.15, -0.1) is 22.8 Å². The maximum atomic E-state index is 11.9. The van der Waals surface area contributed by atoms with E-state index in [0.29, 0.717) is 0 Å². The number of para-hydroxylation sites is 1. The molecule has 0 radical (unpaired) electrons. The topological polar surface area (TPSA) is 110 Å². The average molecular weight is 988 g/mol. The van der Waals surface area contributed by atoms with Gasteiger partial charge in [0.05, 0.1) is 29.3 Å². The van der Waals surface area contributed by atoms with Gasteiger partial charge in [-0.05, 0) is 122 Å². The van der Waals surface area contributed by atoms with Crippen molar-refractivity contribution in [2.24, 2.45) is 20.0 Å². The Bertz CT molecular complexity index is 2840. The number of rotatable bonds is 0. The quantitative estimate of drug-likeness (QED) is 0.141. The first-order valence-electron chi connectivity index (χ1n) is 22.1. The van der Waals surface area contributed by atoms with Gasteiger partial charge in [-0.3, -0.25) is 20.0 Å². The zero-order chi connectivity index (χ0) is 47.9. The fourth-order valence-corrected chi connectivity index (χ4v) is 7.38. The van der Waals surface area contributed by atoms with Crippen molar-refractivity contribution in [2.75, 3.05) is 0 Å². The molecule has 8 aromatic rings. The largest absolute Gasteiger partial charge is 2.00 e. The maximum absolute atomic E-state index is 11.9. The smallest absolute Gasteiger partial charge is 0.659 e. The van der Waals surface area contributed by atoms with Gasteiger partial charge in [0, 0.05) is 24.9 Å². The Kier molecular flexibility index (Phi) is 17.7. The van der Waals surface area contributed by atoms with Gasteiger partial charge in [0.1, 0.15) is 5.82 Å². The normalized spacial score (nSPS) is 13.2. The van der Waals surface area contributed by atoms with E-state index in [0.717, 1.165) is 107 Å². The van der Waals surface area contributed by atoms with Gasteiger partial charge < -0.3 is 19.9 Å². The van der Waals surface area contributed by atoms with Crippen LogP contribution in [0.15, 0.2) is 141 Å². The van der Waals surface area contributed by atoms with Crippen LogP contribution in [0.1, 0.15) is 107 Å². The van der Waals surface area contributed by atoms with Crippen molar-refractivity contribution in [1.29, 1.82) is 0 Å². The van der Waals surface area contributed by atoms with Crippen LogP contribution in [0.5, 0.6) is 0 Å². The van der Waals surface area contributed by atoms with Gasteiger partial charge in [-0.1, -0.05) is 113 Å². The maximum Gasteiger partial charge on any atom is 2.00 e. The predicted octanol–water partition coefficient (Wildman–Crippen LogP) is 13.4. The summed E-state index contributed by atoms with van der Waals surface area (Å²) in [5.41, 5.74) is 16.5. The Hall–Kier alpha value is -6.84. The first kappa shape index (κ1) is 53.1. The molecule has 9 rings (SSSR count). The monoisotopic (exact) mass is 987 g/mol. The van der Waals surface area contributed by atoms with Crippen LogP contribution in [-0.2, 0) is 45.6 Å². The molecule has 0 amide bonds. The zero-order valence-corrected chi connectivity index (χ0v) is 43.1. The minimum Gasteiger partial charge on any atom is -0.659 e. The number of hydrogen-bond acceptors (Lipinski definition) is 4. The summed E-state index contributed by atoms with van der Waals surface area (Å²) in [7, 11) is 0. The number of aromatic nitrogens is 4. The number of aryl methyl sites for hydroxylation is 6. The Morgan fingerprint density at radius 1 is 0.406 bits per heavy atom. The molecule has 346 valence electrons. The predicted molar refractivity (Wildman–Crippen MR) is 273 cm³/mol. The summed E-state index contributed by atoms with van der Waals surface area (Å²) in [5, 5.41) is 0. The molecule has 8 bridgehead atoms. The number of hydrogen-bond donors (Lipinski definition) is 0. The van der Waals surface area contributed by atoms with Crippen molar-refractivity contribution < 1.29 is 39.1 Å². The van der Waals surface area contributed by atoms with Gasteiger partial charge in [0.15, 0.2) is 5.69 Å². The Morgan fingerprint density at radius 2 is 0.696 bits per heavy atom. The van der Waals surface area contributed by atoms with E-state index in [4.69, 9.17) is 46.5 Å². The van der Waals surface area contributed by atoms with Crippen LogP contribution >= 0.6 is 0 Å². The summed E-state index contributed by atoms with van der Waals surface area (Å²) in [6.07, 6.45) is 7.20. The van der Waals surface area contributed by atoms with Crippen LogP contribution in [0, 0.1) is 53.9 Å². The molecule has 69 heavy (non-hydrogen) atoms. The van der Waals surface area contributed by atoms with Crippen molar-refractivity contribution in [2.45, 2.75) is 80.1 Å². The number of benzene rings is 4. The number of aliphatic imine (C=N–C) groups is 4. The van der Waals surface area contributed by atoms with E-state index < -0.39 is 10.8 Å². The van der Waals surface area contributed by atoms with E-state index >= 15 is 0 Å². The standard InChI is InChI=1S/C42H40N8.C9H9N.C6H5F.2Cr/c1-25-17-33-34(18-26(25)2)44-22-30-10-14-38(48-30)42(7,8)40-16-12-32(50-40)24-46-36-20-28(4)27(3)19-35(36)45-23-31-11-15-39(49-31)41(5,6)37-13-9-29(47-37)21-43-33;1-7-5-4-6-8(2)9(7)10-3;7-6-4-2-1-3-5-6;;/h9-24H,1-8H3;4-6H,1-2H3;1-5H;;/q-4;;;2*+2. The molecule has 9 nitrogen and oxygen atoms in total. The van der Waals surface area contributed by atoms with Crippen molar-refractivity contribution in [3.63, 3.8) is 0 Å². The molecule has 4 aromatic heterocycles. The van der Waals surface area contributed by atoms with Crippen molar-refractivity contribution in [1.82, 2.24) is 19.9 Å². The van der Waals surface area contributed by atoms with Gasteiger partial charge in [0.25, 0.3) is 0 Å². The summed E-state index contributed by atoms with van der Waals surface area (Å²) < 4.78 is 11.9. The van der Waals surface area contributed by atoms with Gasteiger partial charge in [-0.25, -0.2) is 9.24 Å². The minimum absolute atomic E-state index is 0.